The molecule has 1 aromatic rings. The molecule has 5 nitrogen and oxygen atoms in total. The molecule has 0 bridgehead atoms. The lowest BCUT2D eigenvalue weighted by atomic mass is 10.2. The molecule has 0 aromatic heterocycles. The number of nitro benzene ring substituents is 1. The van der Waals surface area contributed by atoms with Gasteiger partial charge < -0.3 is 10.1 Å². The number of rotatable bonds is 6. The van der Waals surface area contributed by atoms with Crippen LogP contribution in [0.15, 0.2) is 22.7 Å². The lowest BCUT2D eigenvalue weighted by molar-refractivity contribution is -0.385. The number of nitrogens with one attached hydrogen (secondary N) is 1. The predicted molar refractivity (Wildman–Crippen MR) is 70.4 cm³/mol. The van der Waals surface area contributed by atoms with Crippen molar-refractivity contribution in [1.82, 2.24) is 0 Å². The summed E-state index contributed by atoms with van der Waals surface area (Å²) in [4.78, 5) is 10.4. The van der Waals surface area contributed by atoms with Crippen LogP contribution in [0.5, 0.6) is 0 Å². The Morgan fingerprint density at radius 2 is 2.29 bits per heavy atom. The second-order valence-corrected chi connectivity index (χ2v) is 4.60. The van der Waals surface area contributed by atoms with E-state index in [1.165, 1.54) is 6.07 Å². The van der Waals surface area contributed by atoms with Crippen LogP contribution in [-0.2, 0) is 4.74 Å². The molecule has 0 amide bonds. The van der Waals surface area contributed by atoms with Crippen LogP contribution >= 0.6 is 15.9 Å². The first-order valence-corrected chi connectivity index (χ1v) is 6.03. The van der Waals surface area contributed by atoms with Gasteiger partial charge in [0.05, 0.1) is 9.40 Å². The van der Waals surface area contributed by atoms with Gasteiger partial charge in [-0.25, -0.2) is 0 Å². The molecule has 1 rings (SSSR count). The molecule has 0 heterocycles. The first-order chi connectivity index (χ1) is 8.04. The van der Waals surface area contributed by atoms with E-state index in [4.69, 9.17) is 4.74 Å². The fraction of sp³-hybridized carbons (Fsp3) is 0.455. The third kappa shape index (κ3) is 4.32. The van der Waals surface area contributed by atoms with Crippen molar-refractivity contribution in [2.45, 2.75) is 19.4 Å². The Kier molecular flexibility index (Phi) is 5.37. The Morgan fingerprint density at radius 3 is 2.88 bits per heavy atom. The highest BCUT2D eigenvalue weighted by molar-refractivity contribution is 9.10. The number of hydrogen-bond acceptors (Lipinski definition) is 4. The summed E-state index contributed by atoms with van der Waals surface area (Å²) in [5.74, 6) is 0. The summed E-state index contributed by atoms with van der Waals surface area (Å²) in [6, 6.07) is 5.20. The molecule has 0 aliphatic carbocycles. The molecule has 0 fully saturated rings. The highest BCUT2D eigenvalue weighted by atomic mass is 79.9. The number of methoxy groups -OCH3 is 1. The van der Waals surface area contributed by atoms with Crippen LogP contribution in [-0.4, -0.2) is 24.7 Å². The van der Waals surface area contributed by atoms with Crippen LogP contribution in [0.1, 0.15) is 13.3 Å². The van der Waals surface area contributed by atoms with Gasteiger partial charge in [0.1, 0.15) is 0 Å². The van der Waals surface area contributed by atoms with Gasteiger partial charge >= 0.3 is 0 Å². The monoisotopic (exact) mass is 302 g/mol. The van der Waals surface area contributed by atoms with Crippen molar-refractivity contribution in [2.24, 2.45) is 0 Å². The van der Waals surface area contributed by atoms with Crippen molar-refractivity contribution in [3.8, 4) is 0 Å². The van der Waals surface area contributed by atoms with E-state index in [0.29, 0.717) is 11.1 Å². The lowest BCUT2D eigenvalue weighted by Crippen LogP contribution is -2.17. The number of nitrogens with zero attached hydrogens (tertiary/aromatic N) is 1. The maximum absolute atomic E-state index is 10.8. The van der Waals surface area contributed by atoms with Gasteiger partial charge in [0, 0.05) is 31.5 Å². The number of halogens is 1. The number of benzene rings is 1. The molecule has 0 spiro atoms. The van der Waals surface area contributed by atoms with Crippen molar-refractivity contribution in [1.29, 1.82) is 0 Å². The molecule has 6 heteroatoms. The Balaban J connectivity index is 2.72. The Bertz CT molecular complexity index is 398. The molecule has 0 aliphatic rings. The van der Waals surface area contributed by atoms with Crippen LogP contribution in [0.25, 0.3) is 0 Å². The van der Waals surface area contributed by atoms with Gasteiger partial charge in [-0.15, -0.1) is 0 Å². The highest BCUT2D eigenvalue weighted by Crippen LogP contribution is 2.28. The summed E-state index contributed by atoms with van der Waals surface area (Å²) in [5.41, 5.74) is 0.803. The molecule has 94 valence electrons. The average Bonchev–Trinajstić information content (AvgIpc) is 2.28. The summed E-state index contributed by atoms with van der Waals surface area (Å²) in [6.45, 7) is 2.67. The fourth-order valence-corrected chi connectivity index (χ4v) is 1.79. The minimum Gasteiger partial charge on any atom is -0.385 e. The van der Waals surface area contributed by atoms with E-state index in [9.17, 15) is 10.1 Å². The van der Waals surface area contributed by atoms with Gasteiger partial charge in [-0.05, 0) is 41.4 Å². The zero-order chi connectivity index (χ0) is 12.8. The van der Waals surface area contributed by atoms with Crippen LogP contribution in [0.3, 0.4) is 0 Å². The van der Waals surface area contributed by atoms with Crippen molar-refractivity contribution in [3.63, 3.8) is 0 Å². The van der Waals surface area contributed by atoms with Crippen molar-refractivity contribution >= 4 is 27.3 Å². The molecule has 1 N–H and O–H groups in total. The number of anilines is 1. The smallest absolute Gasteiger partial charge is 0.285 e. The maximum atomic E-state index is 10.8. The van der Waals surface area contributed by atoms with E-state index in [1.807, 2.05) is 6.92 Å². The summed E-state index contributed by atoms with van der Waals surface area (Å²) in [7, 11) is 1.65. The van der Waals surface area contributed by atoms with Crippen molar-refractivity contribution < 1.29 is 9.66 Å². The Hall–Kier alpha value is -1.14. The minimum atomic E-state index is -0.408. The van der Waals surface area contributed by atoms with Crippen LogP contribution in [0.2, 0.25) is 0 Å². The lowest BCUT2D eigenvalue weighted by Gasteiger charge is -2.14. The zero-order valence-electron chi connectivity index (χ0n) is 9.77. The van der Waals surface area contributed by atoms with E-state index in [1.54, 1.807) is 19.2 Å². The second-order valence-electron chi connectivity index (χ2n) is 3.75. The third-order valence-corrected chi connectivity index (χ3v) is 2.98. The van der Waals surface area contributed by atoms with Gasteiger partial charge in [0.2, 0.25) is 0 Å². The maximum Gasteiger partial charge on any atom is 0.285 e. The van der Waals surface area contributed by atoms with E-state index >= 15 is 0 Å². The quantitative estimate of drug-likeness (QED) is 0.647. The van der Waals surface area contributed by atoms with E-state index in [2.05, 4.69) is 21.2 Å². The first kappa shape index (κ1) is 13.9. The largest absolute Gasteiger partial charge is 0.385 e. The fourth-order valence-electron chi connectivity index (χ4n) is 1.39. The Labute approximate surface area is 108 Å². The number of nitro groups is 1. The molecular weight excluding hydrogens is 288 g/mol. The molecule has 0 saturated heterocycles. The summed E-state index contributed by atoms with van der Waals surface area (Å²) in [5, 5.41) is 14.0. The van der Waals surface area contributed by atoms with Gasteiger partial charge in [-0.1, -0.05) is 0 Å². The molecule has 1 unspecified atom stereocenters. The van der Waals surface area contributed by atoms with Crippen LogP contribution < -0.4 is 5.32 Å². The molecule has 1 atom stereocenters. The van der Waals surface area contributed by atoms with Crippen LogP contribution in [0, 0.1) is 10.1 Å². The predicted octanol–water partition coefficient (Wildman–Crippen LogP) is 3.19. The third-order valence-electron chi connectivity index (χ3n) is 2.31. The topological polar surface area (TPSA) is 64.4 Å². The van der Waals surface area contributed by atoms with E-state index < -0.39 is 4.92 Å². The van der Waals surface area contributed by atoms with Crippen LogP contribution in [0.4, 0.5) is 11.4 Å². The molecular formula is C11H15BrN2O3. The summed E-state index contributed by atoms with van der Waals surface area (Å²) >= 11 is 3.15. The highest BCUT2D eigenvalue weighted by Gasteiger charge is 2.13. The Morgan fingerprint density at radius 1 is 1.59 bits per heavy atom. The van der Waals surface area contributed by atoms with Crippen molar-refractivity contribution in [3.05, 3.63) is 32.8 Å². The minimum absolute atomic E-state index is 0.0638. The van der Waals surface area contributed by atoms with Gasteiger partial charge in [0.25, 0.3) is 5.69 Å². The van der Waals surface area contributed by atoms with E-state index in [0.717, 1.165) is 12.1 Å². The summed E-state index contributed by atoms with van der Waals surface area (Å²) < 4.78 is 5.46. The van der Waals surface area contributed by atoms with Crippen molar-refractivity contribution in [2.75, 3.05) is 19.0 Å². The van der Waals surface area contributed by atoms with E-state index in [-0.39, 0.29) is 11.7 Å². The molecule has 0 saturated carbocycles. The van der Waals surface area contributed by atoms with Gasteiger partial charge in [-0.2, -0.15) is 0 Å². The van der Waals surface area contributed by atoms with Gasteiger partial charge in [-0.3, -0.25) is 10.1 Å². The number of ether oxygens (including phenoxy) is 1. The normalized spacial score (nSPS) is 12.2. The zero-order valence-corrected chi connectivity index (χ0v) is 11.4. The molecule has 0 radical (unpaired) electrons. The molecule has 0 aliphatic heterocycles. The first-order valence-electron chi connectivity index (χ1n) is 5.24. The standard InChI is InChI=1S/C11H15BrN2O3/c1-8(5-6-17-2)13-9-3-4-10(12)11(7-9)14(15)16/h3-4,7-8,13H,5-6H2,1-2H3. The number of hydrogen-bond donors (Lipinski definition) is 1. The molecule has 17 heavy (non-hydrogen) atoms. The molecule has 1 aromatic carbocycles. The van der Waals surface area contributed by atoms with Gasteiger partial charge in [0.15, 0.2) is 0 Å². The second kappa shape index (κ2) is 6.56. The SMILES string of the molecule is COCCC(C)Nc1ccc(Br)c([N+](=O)[O-])c1. The summed E-state index contributed by atoms with van der Waals surface area (Å²) in [6.07, 6.45) is 0.848. The average molecular weight is 303 g/mol.